The second kappa shape index (κ2) is 9.16. The summed E-state index contributed by atoms with van der Waals surface area (Å²) in [5.41, 5.74) is -0.777. The van der Waals surface area contributed by atoms with Crippen LogP contribution in [-0.2, 0) is 20.8 Å². The van der Waals surface area contributed by atoms with Crippen LogP contribution in [0.15, 0.2) is 48.5 Å². The molecule has 0 unspecified atom stereocenters. The third-order valence-corrected chi connectivity index (χ3v) is 6.81. The van der Waals surface area contributed by atoms with Crippen molar-refractivity contribution in [1.29, 1.82) is 0 Å². The highest BCUT2D eigenvalue weighted by Crippen LogP contribution is 2.42. The SMILES string of the molecule is CC(C)(NC(=O)Cc1ccccc1F)C(=O)N1C[C@@H](c2ccc(F)cc2)[C@@]2(CCCC(=O)N2)C1. The van der Waals surface area contributed by atoms with E-state index in [0.29, 0.717) is 32.4 Å². The molecule has 2 atom stereocenters. The number of hydrogen-bond donors (Lipinski definition) is 2. The summed E-state index contributed by atoms with van der Waals surface area (Å²) in [7, 11) is 0. The summed E-state index contributed by atoms with van der Waals surface area (Å²) in [5, 5.41) is 5.85. The smallest absolute Gasteiger partial charge is 0.247 e. The molecule has 1 spiro atoms. The second-order valence-electron chi connectivity index (χ2n) is 9.79. The third-order valence-electron chi connectivity index (χ3n) is 6.81. The fraction of sp³-hybridized carbons (Fsp3) is 0.423. The number of hydrogen-bond acceptors (Lipinski definition) is 3. The third kappa shape index (κ3) is 4.81. The normalized spacial score (nSPS) is 22.5. The molecule has 0 radical (unpaired) electrons. The van der Waals surface area contributed by atoms with Crippen LogP contribution in [0.25, 0.3) is 0 Å². The molecule has 0 aliphatic carbocycles. The van der Waals surface area contributed by atoms with E-state index in [0.717, 1.165) is 5.56 Å². The second-order valence-corrected chi connectivity index (χ2v) is 9.79. The molecular weight excluding hydrogens is 440 g/mol. The minimum atomic E-state index is -1.24. The largest absolute Gasteiger partial charge is 0.348 e. The van der Waals surface area contributed by atoms with Gasteiger partial charge in [-0.25, -0.2) is 8.78 Å². The molecule has 2 aromatic rings. The van der Waals surface area contributed by atoms with E-state index in [4.69, 9.17) is 0 Å². The molecule has 34 heavy (non-hydrogen) atoms. The lowest BCUT2D eigenvalue weighted by atomic mass is 9.76. The molecule has 2 aliphatic rings. The van der Waals surface area contributed by atoms with Gasteiger partial charge in [0.05, 0.1) is 12.0 Å². The Hall–Kier alpha value is -3.29. The molecule has 2 aliphatic heterocycles. The van der Waals surface area contributed by atoms with Gasteiger partial charge in [0.1, 0.15) is 17.2 Å². The number of carbonyl (C=O) groups is 3. The van der Waals surface area contributed by atoms with Gasteiger partial charge in [-0.05, 0) is 56.0 Å². The molecule has 2 heterocycles. The van der Waals surface area contributed by atoms with E-state index in [1.165, 1.54) is 24.3 Å². The molecule has 6 nitrogen and oxygen atoms in total. The summed E-state index contributed by atoms with van der Waals surface area (Å²) < 4.78 is 27.5. The summed E-state index contributed by atoms with van der Waals surface area (Å²) in [6.07, 6.45) is 1.66. The monoisotopic (exact) mass is 469 g/mol. The van der Waals surface area contributed by atoms with E-state index in [9.17, 15) is 23.2 Å². The molecule has 2 fully saturated rings. The maximum atomic E-state index is 13.9. The lowest BCUT2D eigenvalue weighted by molar-refractivity contribution is -0.140. The molecule has 0 saturated carbocycles. The Morgan fingerprint density at radius 2 is 1.85 bits per heavy atom. The number of piperidine rings is 1. The summed E-state index contributed by atoms with van der Waals surface area (Å²) in [6.45, 7) is 3.86. The van der Waals surface area contributed by atoms with Gasteiger partial charge in [0, 0.05) is 25.4 Å². The number of halogens is 2. The summed E-state index contributed by atoms with van der Waals surface area (Å²) >= 11 is 0. The number of nitrogens with zero attached hydrogens (tertiary/aromatic N) is 1. The van der Waals surface area contributed by atoms with E-state index in [2.05, 4.69) is 10.6 Å². The lowest BCUT2D eigenvalue weighted by Crippen LogP contribution is -2.59. The Balaban J connectivity index is 1.52. The molecule has 2 N–H and O–H groups in total. The van der Waals surface area contributed by atoms with E-state index < -0.39 is 22.8 Å². The van der Waals surface area contributed by atoms with Gasteiger partial charge in [-0.15, -0.1) is 0 Å². The topological polar surface area (TPSA) is 78.5 Å². The van der Waals surface area contributed by atoms with Gasteiger partial charge in [-0.3, -0.25) is 14.4 Å². The number of nitrogens with one attached hydrogen (secondary N) is 2. The first-order chi connectivity index (χ1) is 16.1. The van der Waals surface area contributed by atoms with Crippen LogP contribution in [0.4, 0.5) is 8.78 Å². The first-order valence-electron chi connectivity index (χ1n) is 11.5. The van der Waals surface area contributed by atoms with Crippen LogP contribution < -0.4 is 10.6 Å². The van der Waals surface area contributed by atoms with Crippen LogP contribution >= 0.6 is 0 Å². The number of rotatable bonds is 5. The maximum Gasteiger partial charge on any atom is 0.247 e. The lowest BCUT2D eigenvalue weighted by Gasteiger charge is -2.39. The van der Waals surface area contributed by atoms with Crippen molar-refractivity contribution in [1.82, 2.24) is 15.5 Å². The predicted molar refractivity (Wildman–Crippen MR) is 123 cm³/mol. The summed E-state index contributed by atoms with van der Waals surface area (Å²) in [4.78, 5) is 40.1. The Bertz CT molecular complexity index is 1100. The molecule has 8 heteroatoms. The highest BCUT2D eigenvalue weighted by Gasteiger charge is 2.52. The van der Waals surface area contributed by atoms with E-state index in [-0.39, 0.29) is 35.5 Å². The number of carbonyl (C=O) groups excluding carboxylic acids is 3. The van der Waals surface area contributed by atoms with Crippen LogP contribution in [0.5, 0.6) is 0 Å². The average Bonchev–Trinajstić information content (AvgIpc) is 3.12. The average molecular weight is 470 g/mol. The Kier molecular flexibility index (Phi) is 6.43. The minimum absolute atomic E-state index is 0.0647. The van der Waals surface area contributed by atoms with Crippen molar-refractivity contribution >= 4 is 17.7 Å². The molecule has 180 valence electrons. The zero-order valence-electron chi connectivity index (χ0n) is 19.4. The Morgan fingerprint density at radius 3 is 2.53 bits per heavy atom. The van der Waals surface area contributed by atoms with E-state index in [1.54, 1.807) is 43.0 Å². The fourth-order valence-electron chi connectivity index (χ4n) is 5.19. The van der Waals surface area contributed by atoms with Gasteiger partial charge < -0.3 is 15.5 Å². The van der Waals surface area contributed by atoms with Crippen LogP contribution in [-0.4, -0.2) is 46.8 Å². The summed E-state index contributed by atoms with van der Waals surface area (Å²) in [5.74, 6) is -1.85. The van der Waals surface area contributed by atoms with Gasteiger partial charge >= 0.3 is 0 Å². The maximum absolute atomic E-state index is 13.9. The van der Waals surface area contributed by atoms with Gasteiger partial charge in [0.15, 0.2) is 0 Å². The Labute approximate surface area is 197 Å². The van der Waals surface area contributed by atoms with Crippen LogP contribution in [0.1, 0.15) is 50.2 Å². The van der Waals surface area contributed by atoms with Gasteiger partial charge in [-0.2, -0.15) is 0 Å². The number of likely N-dealkylation sites (tertiary alicyclic amines) is 1. The van der Waals surface area contributed by atoms with Crippen LogP contribution in [0.2, 0.25) is 0 Å². The molecule has 0 bridgehead atoms. The predicted octanol–water partition coefficient (Wildman–Crippen LogP) is 3.07. The summed E-state index contributed by atoms with van der Waals surface area (Å²) in [6, 6.07) is 12.2. The quantitative estimate of drug-likeness (QED) is 0.707. The van der Waals surface area contributed by atoms with E-state index >= 15 is 0 Å². The van der Waals surface area contributed by atoms with Gasteiger partial charge in [0.2, 0.25) is 17.7 Å². The first kappa shape index (κ1) is 23.9. The van der Waals surface area contributed by atoms with Crippen LogP contribution in [0, 0.1) is 11.6 Å². The van der Waals surface area contributed by atoms with Crippen molar-refractivity contribution in [3.8, 4) is 0 Å². The molecule has 3 amide bonds. The van der Waals surface area contributed by atoms with Crippen LogP contribution in [0.3, 0.4) is 0 Å². The van der Waals surface area contributed by atoms with Crippen molar-refractivity contribution in [3.05, 3.63) is 71.3 Å². The van der Waals surface area contributed by atoms with Crippen molar-refractivity contribution in [2.24, 2.45) is 0 Å². The zero-order valence-corrected chi connectivity index (χ0v) is 19.4. The number of amides is 3. The zero-order chi connectivity index (χ0) is 24.5. The molecule has 4 rings (SSSR count). The van der Waals surface area contributed by atoms with Crippen molar-refractivity contribution in [2.75, 3.05) is 13.1 Å². The van der Waals surface area contributed by atoms with Gasteiger partial charge in [0.25, 0.3) is 0 Å². The molecule has 2 saturated heterocycles. The molecule has 2 aromatic carbocycles. The highest BCUT2D eigenvalue weighted by molar-refractivity contribution is 5.92. The minimum Gasteiger partial charge on any atom is -0.348 e. The van der Waals surface area contributed by atoms with Crippen molar-refractivity contribution in [3.63, 3.8) is 0 Å². The Morgan fingerprint density at radius 1 is 1.15 bits per heavy atom. The van der Waals surface area contributed by atoms with Crippen molar-refractivity contribution < 1.29 is 23.2 Å². The molecular formula is C26H29F2N3O3. The fourth-order valence-corrected chi connectivity index (χ4v) is 5.19. The number of benzene rings is 2. The van der Waals surface area contributed by atoms with E-state index in [1.807, 2.05) is 0 Å². The standard InChI is InChI=1S/C26H29F2N3O3/c1-25(2,29-23(33)14-18-6-3-4-7-21(18)28)24(34)31-15-20(17-9-11-19(27)12-10-17)26(16-31)13-5-8-22(32)30-26/h3-4,6-7,9-12,20H,5,8,13-16H2,1-2H3,(H,29,33)(H,30,32)/t20-,26+/m0/s1. The first-order valence-corrected chi connectivity index (χ1v) is 11.5. The molecule has 0 aromatic heterocycles. The van der Waals surface area contributed by atoms with Crippen molar-refractivity contribution in [2.45, 2.75) is 56.5 Å². The van der Waals surface area contributed by atoms with Gasteiger partial charge in [-0.1, -0.05) is 30.3 Å². The highest BCUT2D eigenvalue weighted by atomic mass is 19.1.